The Balaban J connectivity index is 3.05. The number of amides is 1. The van der Waals surface area contributed by atoms with Gasteiger partial charge in [0.2, 0.25) is 0 Å². The summed E-state index contributed by atoms with van der Waals surface area (Å²) < 4.78 is 5.15. The van der Waals surface area contributed by atoms with E-state index in [1.54, 1.807) is 23.1 Å². The first kappa shape index (κ1) is 13.8. The third kappa shape index (κ3) is 2.92. The zero-order chi connectivity index (χ0) is 13.5. The van der Waals surface area contributed by atoms with Gasteiger partial charge in [0.1, 0.15) is 11.3 Å². The SMILES string of the molecule is CCN(CCC#N)C(=O)c1c(N)cccc1OC. The minimum absolute atomic E-state index is 0.206. The lowest BCUT2D eigenvalue weighted by atomic mass is 10.1. The Kier molecular flexibility index (Phi) is 5.00. The predicted octanol–water partition coefficient (Wildman–Crippen LogP) is 1.65. The van der Waals surface area contributed by atoms with Crippen molar-refractivity contribution in [2.45, 2.75) is 13.3 Å². The summed E-state index contributed by atoms with van der Waals surface area (Å²) >= 11 is 0. The summed E-state index contributed by atoms with van der Waals surface area (Å²) in [4.78, 5) is 13.9. The fourth-order valence-corrected chi connectivity index (χ4v) is 1.69. The van der Waals surface area contributed by atoms with Crippen LogP contribution in [0.1, 0.15) is 23.7 Å². The van der Waals surface area contributed by atoms with E-state index >= 15 is 0 Å². The second-order valence-corrected chi connectivity index (χ2v) is 3.72. The highest BCUT2D eigenvalue weighted by Crippen LogP contribution is 2.25. The number of anilines is 1. The molecule has 0 bridgehead atoms. The minimum Gasteiger partial charge on any atom is -0.496 e. The molecule has 0 heterocycles. The average Bonchev–Trinajstić information content (AvgIpc) is 2.38. The van der Waals surface area contributed by atoms with Crippen LogP contribution in [0.2, 0.25) is 0 Å². The first-order valence-corrected chi connectivity index (χ1v) is 5.74. The molecule has 5 nitrogen and oxygen atoms in total. The molecule has 0 aliphatic heterocycles. The van der Waals surface area contributed by atoms with Crippen molar-refractivity contribution < 1.29 is 9.53 Å². The van der Waals surface area contributed by atoms with E-state index in [0.29, 0.717) is 36.5 Å². The molecule has 1 aromatic rings. The van der Waals surface area contributed by atoms with Crippen LogP contribution in [-0.4, -0.2) is 31.0 Å². The van der Waals surface area contributed by atoms with Gasteiger partial charge in [-0.1, -0.05) is 6.07 Å². The summed E-state index contributed by atoms with van der Waals surface area (Å²) in [5.74, 6) is 0.248. The van der Waals surface area contributed by atoms with Gasteiger partial charge in [-0.2, -0.15) is 5.26 Å². The Morgan fingerprint density at radius 3 is 2.83 bits per heavy atom. The summed E-state index contributed by atoms with van der Waals surface area (Å²) in [5.41, 5.74) is 6.57. The molecule has 0 atom stereocenters. The first-order valence-electron chi connectivity index (χ1n) is 5.74. The van der Waals surface area contributed by atoms with Crippen LogP contribution >= 0.6 is 0 Å². The van der Waals surface area contributed by atoms with Crippen LogP contribution < -0.4 is 10.5 Å². The molecule has 1 aromatic carbocycles. The van der Waals surface area contributed by atoms with Crippen molar-refractivity contribution in [1.82, 2.24) is 4.90 Å². The Bertz CT molecular complexity index is 466. The monoisotopic (exact) mass is 247 g/mol. The highest BCUT2D eigenvalue weighted by Gasteiger charge is 2.20. The van der Waals surface area contributed by atoms with E-state index in [0.717, 1.165) is 0 Å². The van der Waals surface area contributed by atoms with Gasteiger partial charge >= 0.3 is 0 Å². The summed E-state index contributed by atoms with van der Waals surface area (Å²) in [6, 6.07) is 7.12. The highest BCUT2D eigenvalue weighted by molar-refractivity contribution is 6.01. The molecule has 0 aliphatic carbocycles. The standard InChI is InChI=1S/C13H17N3O2/c1-3-16(9-5-8-14)13(17)12-10(15)6-4-7-11(12)18-2/h4,6-7H,3,5,9,15H2,1-2H3. The molecule has 0 aromatic heterocycles. The van der Waals surface area contributed by atoms with Gasteiger partial charge < -0.3 is 15.4 Å². The molecule has 0 fully saturated rings. The van der Waals surface area contributed by atoms with Gasteiger partial charge in [-0.3, -0.25) is 4.79 Å². The molecule has 1 rings (SSSR count). The van der Waals surface area contributed by atoms with E-state index in [1.807, 2.05) is 13.0 Å². The number of carbonyl (C=O) groups is 1. The van der Waals surface area contributed by atoms with E-state index in [1.165, 1.54) is 7.11 Å². The van der Waals surface area contributed by atoms with Crippen molar-refractivity contribution >= 4 is 11.6 Å². The topological polar surface area (TPSA) is 79.4 Å². The van der Waals surface area contributed by atoms with Gasteiger partial charge in [0.25, 0.3) is 5.91 Å². The highest BCUT2D eigenvalue weighted by atomic mass is 16.5. The third-order valence-corrected chi connectivity index (χ3v) is 2.65. The zero-order valence-corrected chi connectivity index (χ0v) is 10.6. The maximum Gasteiger partial charge on any atom is 0.259 e. The van der Waals surface area contributed by atoms with E-state index in [2.05, 4.69) is 0 Å². The van der Waals surface area contributed by atoms with Crippen molar-refractivity contribution in [3.63, 3.8) is 0 Å². The molecule has 0 saturated carbocycles. The second kappa shape index (κ2) is 6.50. The lowest BCUT2D eigenvalue weighted by Gasteiger charge is -2.21. The summed E-state index contributed by atoms with van der Waals surface area (Å²) in [6.07, 6.45) is 0.300. The molecule has 0 radical (unpaired) electrons. The number of rotatable bonds is 5. The molecular weight excluding hydrogens is 230 g/mol. The van der Waals surface area contributed by atoms with E-state index in [9.17, 15) is 4.79 Å². The van der Waals surface area contributed by atoms with Crippen molar-refractivity contribution in [1.29, 1.82) is 5.26 Å². The molecule has 0 unspecified atom stereocenters. The fourth-order valence-electron chi connectivity index (χ4n) is 1.69. The van der Waals surface area contributed by atoms with E-state index < -0.39 is 0 Å². The Morgan fingerprint density at radius 2 is 2.28 bits per heavy atom. The van der Waals surface area contributed by atoms with Crippen LogP contribution in [0.25, 0.3) is 0 Å². The normalized spacial score (nSPS) is 9.61. The number of carbonyl (C=O) groups excluding carboxylic acids is 1. The van der Waals surface area contributed by atoms with Crippen LogP contribution in [0.3, 0.4) is 0 Å². The van der Waals surface area contributed by atoms with Crippen molar-refractivity contribution in [3.05, 3.63) is 23.8 Å². The molecule has 96 valence electrons. The number of ether oxygens (including phenoxy) is 1. The molecule has 5 heteroatoms. The first-order chi connectivity index (χ1) is 8.65. The Hall–Kier alpha value is -2.22. The smallest absolute Gasteiger partial charge is 0.259 e. The minimum atomic E-state index is -0.206. The van der Waals surface area contributed by atoms with Crippen molar-refractivity contribution in [2.24, 2.45) is 0 Å². The van der Waals surface area contributed by atoms with Crippen molar-refractivity contribution in [2.75, 3.05) is 25.9 Å². The molecule has 0 spiro atoms. The number of nitrogen functional groups attached to an aromatic ring is 1. The zero-order valence-electron chi connectivity index (χ0n) is 10.6. The largest absolute Gasteiger partial charge is 0.496 e. The van der Waals surface area contributed by atoms with Gasteiger partial charge in [-0.25, -0.2) is 0 Å². The molecule has 2 N–H and O–H groups in total. The van der Waals surface area contributed by atoms with Gasteiger partial charge in [0.05, 0.1) is 19.6 Å². The average molecular weight is 247 g/mol. The van der Waals surface area contributed by atoms with Crippen LogP contribution in [0.4, 0.5) is 5.69 Å². The number of nitrogens with zero attached hydrogens (tertiary/aromatic N) is 2. The molecule has 18 heavy (non-hydrogen) atoms. The van der Waals surface area contributed by atoms with E-state index in [-0.39, 0.29) is 5.91 Å². The molecule has 0 saturated heterocycles. The van der Waals surface area contributed by atoms with E-state index in [4.69, 9.17) is 15.7 Å². The predicted molar refractivity (Wildman–Crippen MR) is 69.2 cm³/mol. The van der Waals surface area contributed by atoms with Crippen LogP contribution in [0, 0.1) is 11.3 Å². The number of nitrogens with two attached hydrogens (primary N) is 1. The van der Waals surface area contributed by atoms with Crippen LogP contribution in [0.15, 0.2) is 18.2 Å². The Labute approximate surface area is 107 Å². The van der Waals surface area contributed by atoms with Gasteiger partial charge in [-0.05, 0) is 19.1 Å². The Morgan fingerprint density at radius 1 is 1.56 bits per heavy atom. The quantitative estimate of drug-likeness (QED) is 0.802. The summed E-state index contributed by atoms with van der Waals surface area (Å²) in [6.45, 7) is 2.78. The number of nitriles is 1. The fraction of sp³-hybridized carbons (Fsp3) is 0.385. The van der Waals surface area contributed by atoms with Gasteiger partial charge in [-0.15, -0.1) is 0 Å². The lowest BCUT2D eigenvalue weighted by molar-refractivity contribution is 0.0765. The van der Waals surface area contributed by atoms with Crippen LogP contribution in [0.5, 0.6) is 5.75 Å². The molecular formula is C13H17N3O2. The number of methoxy groups -OCH3 is 1. The molecule has 1 amide bonds. The summed E-state index contributed by atoms with van der Waals surface area (Å²) in [7, 11) is 1.50. The lowest BCUT2D eigenvalue weighted by Crippen LogP contribution is -2.32. The maximum absolute atomic E-state index is 12.3. The number of benzene rings is 1. The third-order valence-electron chi connectivity index (χ3n) is 2.65. The molecule has 0 aliphatic rings. The van der Waals surface area contributed by atoms with Crippen molar-refractivity contribution in [3.8, 4) is 11.8 Å². The van der Waals surface area contributed by atoms with Gasteiger partial charge in [0.15, 0.2) is 0 Å². The summed E-state index contributed by atoms with van der Waals surface area (Å²) in [5, 5.41) is 8.58. The van der Waals surface area contributed by atoms with Gasteiger partial charge in [0, 0.05) is 18.8 Å². The maximum atomic E-state index is 12.3. The van der Waals surface area contributed by atoms with Crippen LogP contribution in [-0.2, 0) is 0 Å². The second-order valence-electron chi connectivity index (χ2n) is 3.72. The number of hydrogen-bond donors (Lipinski definition) is 1. The number of hydrogen-bond acceptors (Lipinski definition) is 4.